The number of benzene rings is 1. The molecule has 0 aliphatic carbocycles. The van der Waals surface area contributed by atoms with Crippen molar-refractivity contribution in [3.8, 4) is 12.3 Å². The van der Waals surface area contributed by atoms with E-state index in [1.807, 2.05) is 0 Å². The fraction of sp³-hybridized carbons (Fsp3) is 0.111. The first-order chi connectivity index (χ1) is 6.40. The first-order valence-electron chi connectivity index (χ1n) is 3.98. The van der Waals surface area contributed by atoms with Gasteiger partial charge in [0.25, 0.3) is 0 Å². The maximum Gasteiger partial charge on any atom is 1.00 e. The van der Waals surface area contributed by atoms with Crippen LogP contribution in [0.4, 0.5) is 18.6 Å². The molecule has 1 rings (SSSR count). The Labute approximate surface area is 129 Å². The van der Waals surface area contributed by atoms with Crippen LogP contribution in [0.5, 0.6) is 0 Å². The number of terminal acetylenes is 1. The van der Waals surface area contributed by atoms with E-state index < -0.39 is 13.3 Å². The second-order valence-corrected chi connectivity index (χ2v) is 3.02. The van der Waals surface area contributed by atoms with Crippen LogP contribution in [-0.2, 0) is 6.32 Å². The molecule has 2 N–H and O–H groups in total. The van der Waals surface area contributed by atoms with Gasteiger partial charge in [0, 0.05) is 11.3 Å². The Hall–Kier alpha value is 0.0713. The van der Waals surface area contributed by atoms with Crippen LogP contribution in [0.25, 0.3) is 0 Å². The zero-order chi connectivity index (χ0) is 10.8. The molecule has 74 valence electrons. The summed E-state index contributed by atoms with van der Waals surface area (Å²) in [6, 6.07) is 4.08. The number of hydrogen-bond acceptors (Lipinski definition) is 1. The Morgan fingerprint density at radius 2 is 1.87 bits per heavy atom. The van der Waals surface area contributed by atoms with Crippen LogP contribution in [0.1, 0.15) is 11.1 Å². The van der Waals surface area contributed by atoms with Gasteiger partial charge >= 0.3 is 58.4 Å². The second kappa shape index (κ2) is 5.97. The standard InChI is InChI=1S/C9H8BF3N.K/c1-2-7-3-8(5-9(14)4-7)6-10(11,12)13;/h1,3-5H,6,14H2;/q-1;+1. The Balaban J connectivity index is 0.00000196. The van der Waals surface area contributed by atoms with Crippen LogP contribution < -0.4 is 57.1 Å². The molecule has 0 fully saturated rings. The minimum atomic E-state index is -4.84. The third kappa shape index (κ3) is 5.64. The van der Waals surface area contributed by atoms with E-state index in [1.165, 1.54) is 18.2 Å². The summed E-state index contributed by atoms with van der Waals surface area (Å²) in [5.74, 6) is 2.25. The number of anilines is 1. The van der Waals surface area contributed by atoms with Gasteiger partial charge in [0.15, 0.2) is 0 Å². The van der Waals surface area contributed by atoms with E-state index in [4.69, 9.17) is 12.2 Å². The topological polar surface area (TPSA) is 26.0 Å². The van der Waals surface area contributed by atoms with Gasteiger partial charge < -0.3 is 18.7 Å². The molecule has 0 aliphatic heterocycles. The summed E-state index contributed by atoms with van der Waals surface area (Å²) < 4.78 is 36.2. The zero-order valence-corrected chi connectivity index (χ0v) is 11.4. The molecule has 1 aromatic rings. The minimum Gasteiger partial charge on any atom is -0.449 e. The molecule has 0 radical (unpaired) electrons. The van der Waals surface area contributed by atoms with Gasteiger partial charge in [-0.15, -0.1) is 6.42 Å². The van der Waals surface area contributed by atoms with Crippen molar-refractivity contribution in [3.63, 3.8) is 0 Å². The summed E-state index contributed by atoms with van der Waals surface area (Å²) in [6.45, 7) is -4.84. The fourth-order valence-electron chi connectivity index (χ4n) is 1.19. The van der Waals surface area contributed by atoms with E-state index in [2.05, 4.69) is 5.92 Å². The largest absolute Gasteiger partial charge is 1.00 e. The number of nitrogen functional groups attached to an aromatic ring is 1. The van der Waals surface area contributed by atoms with Crippen molar-refractivity contribution < 1.29 is 64.3 Å². The van der Waals surface area contributed by atoms with Gasteiger partial charge in [-0.2, -0.15) is 0 Å². The van der Waals surface area contributed by atoms with Crippen molar-refractivity contribution in [1.82, 2.24) is 0 Å². The third-order valence-electron chi connectivity index (χ3n) is 1.65. The second-order valence-electron chi connectivity index (χ2n) is 3.02. The van der Waals surface area contributed by atoms with E-state index in [1.54, 1.807) is 0 Å². The monoisotopic (exact) mass is 237 g/mol. The predicted octanol–water partition coefficient (Wildman–Crippen LogP) is -0.817. The van der Waals surface area contributed by atoms with E-state index in [-0.39, 0.29) is 62.6 Å². The van der Waals surface area contributed by atoms with Gasteiger partial charge in [-0.3, -0.25) is 0 Å². The summed E-state index contributed by atoms with van der Waals surface area (Å²) in [5, 5.41) is 0. The smallest absolute Gasteiger partial charge is 0.449 e. The van der Waals surface area contributed by atoms with E-state index in [9.17, 15) is 12.9 Å². The molecule has 1 nitrogen and oxygen atoms in total. The molecule has 1 aromatic carbocycles. The molecule has 0 atom stereocenters. The van der Waals surface area contributed by atoms with E-state index in [0.29, 0.717) is 5.56 Å². The van der Waals surface area contributed by atoms with E-state index in [0.717, 1.165) is 0 Å². The molecule has 0 saturated carbocycles. The average molecular weight is 237 g/mol. The van der Waals surface area contributed by atoms with Gasteiger partial charge in [0.05, 0.1) is 0 Å². The molecule has 0 aliphatic rings. The number of halogens is 3. The van der Waals surface area contributed by atoms with Crippen LogP contribution in [0, 0.1) is 12.3 Å². The third-order valence-corrected chi connectivity index (χ3v) is 1.65. The van der Waals surface area contributed by atoms with Crippen molar-refractivity contribution in [2.75, 3.05) is 5.73 Å². The summed E-state index contributed by atoms with van der Waals surface area (Å²) in [7, 11) is 0. The zero-order valence-electron chi connectivity index (χ0n) is 8.31. The summed E-state index contributed by atoms with van der Waals surface area (Å²) in [5.41, 5.74) is 6.15. The molecule has 0 amide bonds. The number of hydrogen-bond donors (Lipinski definition) is 1. The van der Waals surface area contributed by atoms with Crippen molar-refractivity contribution in [2.45, 2.75) is 6.32 Å². The molecule has 0 bridgehead atoms. The van der Waals surface area contributed by atoms with Crippen molar-refractivity contribution in [3.05, 3.63) is 29.3 Å². The van der Waals surface area contributed by atoms with Gasteiger partial charge in [-0.1, -0.05) is 17.8 Å². The maximum atomic E-state index is 12.1. The molecule has 0 aromatic heterocycles. The summed E-state index contributed by atoms with van der Waals surface area (Å²) >= 11 is 0. The number of nitrogens with two attached hydrogens (primary N) is 1. The van der Waals surface area contributed by atoms with Crippen molar-refractivity contribution in [2.24, 2.45) is 0 Å². The SMILES string of the molecule is C#Cc1cc(N)cc(C[B-](F)(F)F)c1.[K+]. The van der Waals surface area contributed by atoms with Gasteiger partial charge in [-0.05, 0) is 18.2 Å². The first-order valence-corrected chi connectivity index (χ1v) is 3.98. The van der Waals surface area contributed by atoms with Crippen LogP contribution >= 0.6 is 0 Å². The molecule has 6 heteroatoms. The Bertz CT molecular complexity index is 384. The molecular formula is C9H8BF3KN. The molecule has 0 heterocycles. The summed E-state index contributed by atoms with van der Waals surface area (Å²) in [4.78, 5) is 0. The van der Waals surface area contributed by atoms with Gasteiger partial charge in [-0.25, -0.2) is 0 Å². The maximum absolute atomic E-state index is 12.1. The minimum absolute atomic E-state index is 0. The molecule has 15 heavy (non-hydrogen) atoms. The Morgan fingerprint density at radius 1 is 1.27 bits per heavy atom. The van der Waals surface area contributed by atoms with Crippen LogP contribution in [0.15, 0.2) is 18.2 Å². The van der Waals surface area contributed by atoms with Crippen LogP contribution in [0.2, 0.25) is 0 Å². The van der Waals surface area contributed by atoms with Crippen molar-refractivity contribution >= 4 is 12.7 Å². The Morgan fingerprint density at radius 3 is 2.33 bits per heavy atom. The number of rotatable bonds is 2. The van der Waals surface area contributed by atoms with Crippen molar-refractivity contribution in [1.29, 1.82) is 0 Å². The molecule has 0 saturated heterocycles. The van der Waals surface area contributed by atoms with Crippen LogP contribution in [0.3, 0.4) is 0 Å². The van der Waals surface area contributed by atoms with Crippen LogP contribution in [-0.4, -0.2) is 6.98 Å². The van der Waals surface area contributed by atoms with Gasteiger partial charge in [0.2, 0.25) is 0 Å². The van der Waals surface area contributed by atoms with E-state index >= 15 is 0 Å². The first kappa shape index (κ1) is 15.1. The molecule has 0 spiro atoms. The average Bonchev–Trinajstić information content (AvgIpc) is 1.99. The Kier molecular flexibility index (Phi) is 6.00. The normalized spacial score (nSPS) is 10.3. The molecule has 0 unspecified atom stereocenters. The van der Waals surface area contributed by atoms with Gasteiger partial charge in [0.1, 0.15) is 0 Å². The molecular weight excluding hydrogens is 229 g/mol. The fourth-order valence-corrected chi connectivity index (χ4v) is 1.19. The predicted molar refractivity (Wildman–Crippen MR) is 51.6 cm³/mol. The summed E-state index contributed by atoms with van der Waals surface area (Å²) in [6.07, 6.45) is 4.12. The quantitative estimate of drug-likeness (QED) is 0.406.